The fourth-order valence-electron chi connectivity index (χ4n) is 11.8. The monoisotopic (exact) mass is 908 g/mol. The molecule has 0 atom stereocenters. The second-order valence-electron chi connectivity index (χ2n) is 19.6. The van der Waals surface area contributed by atoms with E-state index in [1.54, 1.807) is 0 Å². The average Bonchev–Trinajstić information content (AvgIpc) is 3.45. The molecular formula is C72H44. The zero-order valence-electron chi connectivity index (χ0n) is 39.4. The summed E-state index contributed by atoms with van der Waals surface area (Å²) in [5.74, 6) is 0. The molecular weight excluding hydrogens is 865 g/mol. The van der Waals surface area contributed by atoms with E-state index in [9.17, 15) is 0 Å². The summed E-state index contributed by atoms with van der Waals surface area (Å²) in [5, 5.41) is 22.8. The zero-order chi connectivity index (χ0) is 47.3. The molecule has 0 radical (unpaired) electrons. The van der Waals surface area contributed by atoms with Gasteiger partial charge >= 0.3 is 0 Å². The SMILES string of the molecule is c1ccc(-c2cc3ccccc3cc2-c2ccc3c(ccc4cc(-c5ccc6c(ccc7cc(-c8ccc9c(ccc%10cc(-c%11ccc%12c(ccc%13ccccc%13%12)c%11)ccc%109)c8)ccc76)c5)ccc43)c2)cc1. The first kappa shape index (κ1) is 40.5. The van der Waals surface area contributed by atoms with Crippen LogP contribution in [-0.4, -0.2) is 0 Å². The van der Waals surface area contributed by atoms with Gasteiger partial charge in [0.2, 0.25) is 0 Å². The third-order valence-electron chi connectivity index (χ3n) is 15.5. The minimum atomic E-state index is 1.22. The average molecular weight is 909 g/mol. The van der Waals surface area contributed by atoms with Crippen molar-refractivity contribution < 1.29 is 0 Å². The van der Waals surface area contributed by atoms with Crippen molar-refractivity contribution in [3.8, 4) is 55.6 Å². The molecule has 0 saturated carbocycles. The molecule has 0 saturated heterocycles. The third-order valence-corrected chi connectivity index (χ3v) is 15.5. The summed E-state index contributed by atoms with van der Waals surface area (Å²) in [4.78, 5) is 0. The van der Waals surface area contributed by atoms with E-state index in [4.69, 9.17) is 0 Å². The van der Waals surface area contributed by atoms with Crippen molar-refractivity contribution >= 4 is 97.0 Å². The fraction of sp³-hybridized carbons (Fsp3) is 0. The maximum absolute atomic E-state index is 2.36. The lowest BCUT2D eigenvalue weighted by Crippen LogP contribution is -1.88. The number of hydrogen-bond acceptors (Lipinski definition) is 0. The summed E-state index contributed by atoms with van der Waals surface area (Å²) in [7, 11) is 0. The lowest BCUT2D eigenvalue weighted by molar-refractivity contribution is 1.62. The van der Waals surface area contributed by atoms with Gasteiger partial charge in [-0.25, -0.2) is 0 Å². The highest BCUT2D eigenvalue weighted by Gasteiger charge is 2.14. The Bertz CT molecular complexity index is 4730. The van der Waals surface area contributed by atoms with Gasteiger partial charge in [-0.15, -0.1) is 0 Å². The summed E-state index contributed by atoms with van der Waals surface area (Å²) in [6, 6.07) is 99.5. The van der Waals surface area contributed by atoms with E-state index in [1.165, 1.54) is 153 Å². The van der Waals surface area contributed by atoms with E-state index in [0.717, 1.165) is 0 Å². The molecule has 0 aromatic heterocycles. The number of rotatable bonds is 5. The Hall–Kier alpha value is -9.36. The topological polar surface area (TPSA) is 0 Å². The van der Waals surface area contributed by atoms with E-state index in [1.807, 2.05) is 0 Å². The van der Waals surface area contributed by atoms with Crippen LogP contribution in [0.15, 0.2) is 267 Å². The highest BCUT2D eigenvalue weighted by Crippen LogP contribution is 2.41. The third kappa shape index (κ3) is 6.68. The van der Waals surface area contributed by atoms with Crippen molar-refractivity contribution in [2.45, 2.75) is 0 Å². The molecule has 0 heteroatoms. The Morgan fingerprint density at radius 1 is 0.125 bits per heavy atom. The first-order valence-electron chi connectivity index (χ1n) is 25.0. The van der Waals surface area contributed by atoms with Crippen LogP contribution in [0.2, 0.25) is 0 Å². The zero-order valence-corrected chi connectivity index (χ0v) is 39.4. The molecule has 0 aliphatic rings. The molecule has 332 valence electrons. The quantitative estimate of drug-likeness (QED) is 0.151. The van der Waals surface area contributed by atoms with Gasteiger partial charge in [0.05, 0.1) is 0 Å². The molecule has 0 unspecified atom stereocenters. The van der Waals surface area contributed by atoms with Crippen LogP contribution < -0.4 is 0 Å². The maximum atomic E-state index is 2.36. The van der Waals surface area contributed by atoms with Crippen LogP contribution in [0.1, 0.15) is 0 Å². The minimum absolute atomic E-state index is 1.22. The van der Waals surface area contributed by atoms with Crippen molar-refractivity contribution in [3.05, 3.63) is 267 Å². The van der Waals surface area contributed by atoms with Gasteiger partial charge in [-0.05, 0) is 207 Å². The van der Waals surface area contributed by atoms with E-state index in [0.29, 0.717) is 0 Å². The second-order valence-corrected chi connectivity index (χ2v) is 19.6. The van der Waals surface area contributed by atoms with Crippen LogP contribution in [-0.2, 0) is 0 Å². The summed E-state index contributed by atoms with van der Waals surface area (Å²) < 4.78 is 0. The first-order valence-corrected chi connectivity index (χ1v) is 25.0. The molecule has 0 aliphatic heterocycles. The Morgan fingerprint density at radius 3 is 0.736 bits per heavy atom. The van der Waals surface area contributed by atoms with Crippen LogP contribution in [0.4, 0.5) is 0 Å². The van der Waals surface area contributed by atoms with Gasteiger partial charge in [0, 0.05) is 0 Å². The molecule has 15 aromatic rings. The lowest BCUT2D eigenvalue weighted by atomic mass is 9.89. The molecule has 0 amide bonds. The van der Waals surface area contributed by atoms with Crippen molar-refractivity contribution in [2.75, 3.05) is 0 Å². The van der Waals surface area contributed by atoms with E-state index >= 15 is 0 Å². The van der Waals surface area contributed by atoms with Crippen LogP contribution in [0.25, 0.3) is 153 Å². The molecule has 0 fully saturated rings. The predicted octanol–water partition coefficient (Wildman–Crippen LogP) is 20.4. The summed E-state index contributed by atoms with van der Waals surface area (Å²) in [5.41, 5.74) is 12.3. The van der Waals surface area contributed by atoms with Crippen LogP contribution in [0.3, 0.4) is 0 Å². The van der Waals surface area contributed by atoms with Crippen molar-refractivity contribution in [1.82, 2.24) is 0 Å². The normalized spacial score (nSPS) is 11.9. The van der Waals surface area contributed by atoms with Gasteiger partial charge in [0.25, 0.3) is 0 Å². The Labute approximate surface area is 417 Å². The van der Waals surface area contributed by atoms with Crippen LogP contribution in [0.5, 0.6) is 0 Å². The van der Waals surface area contributed by atoms with Gasteiger partial charge in [0.1, 0.15) is 0 Å². The minimum Gasteiger partial charge on any atom is -0.0622 e. The molecule has 0 aliphatic carbocycles. The number of benzene rings is 15. The Balaban J connectivity index is 0.711. The molecule has 72 heavy (non-hydrogen) atoms. The van der Waals surface area contributed by atoms with E-state index in [-0.39, 0.29) is 0 Å². The standard InChI is InChI=1S/C72H44/c1-2-8-45(9-3-1)71-43-47-11-4-5-12-48(47)44-72(71)62-28-35-70-61(42-62)21-20-60-41-54(27-34-69(60)70)53-26-33-68-59(40-53)19-18-58-39-52(25-32-67(58)68)51-24-31-66-57(38-51)17-16-56-37-50(23-30-65(56)66)49-22-29-64-55(36-49)15-14-46-10-6-7-13-63(46)64/h1-44H. The van der Waals surface area contributed by atoms with Crippen LogP contribution >= 0.6 is 0 Å². The van der Waals surface area contributed by atoms with Gasteiger partial charge in [-0.3, -0.25) is 0 Å². The highest BCUT2D eigenvalue weighted by molar-refractivity contribution is 6.14. The van der Waals surface area contributed by atoms with Crippen molar-refractivity contribution in [3.63, 3.8) is 0 Å². The second kappa shape index (κ2) is 16.1. The molecule has 15 rings (SSSR count). The van der Waals surface area contributed by atoms with Gasteiger partial charge in [-0.1, -0.05) is 212 Å². The summed E-state index contributed by atoms with van der Waals surface area (Å²) in [6.07, 6.45) is 0. The maximum Gasteiger partial charge on any atom is -0.00988 e. The fourth-order valence-corrected chi connectivity index (χ4v) is 11.8. The van der Waals surface area contributed by atoms with Crippen molar-refractivity contribution in [2.24, 2.45) is 0 Å². The lowest BCUT2D eigenvalue weighted by Gasteiger charge is -2.14. The van der Waals surface area contributed by atoms with E-state index in [2.05, 4.69) is 267 Å². The summed E-state index contributed by atoms with van der Waals surface area (Å²) in [6.45, 7) is 0. The number of hydrogen-bond donors (Lipinski definition) is 0. The van der Waals surface area contributed by atoms with Crippen LogP contribution in [0, 0.1) is 0 Å². The molecule has 0 N–H and O–H groups in total. The molecule has 0 heterocycles. The van der Waals surface area contributed by atoms with Crippen molar-refractivity contribution in [1.29, 1.82) is 0 Å². The molecule has 0 nitrogen and oxygen atoms in total. The smallest absolute Gasteiger partial charge is 0.00988 e. The highest BCUT2D eigenvalue weighted by atomic mass is 14.2. The van der Waals surface area contributed by atoms with Gasteiger partial charge in [0.15, 0.2) is 0 Å². The molecule has 15 aromatic carbocycles. The van der Waals surface area contributed by atoms with Gasteiger partial charge in [-0.2, -0.15) is 0 Å². The first-order chi connectivity index (χ1) is 35.6. The Morgan fingerprint density at radius 2 is 0.375 bits per heavy atom. The molecule has 0 bridgehead atoms. The predicted molar refractivity (Wildman–Crippen MR) is 311 cm³/mol. The summed E-state index contributed by atoms with van der Waals surface area (Å²) >= 11 is 0. The largest absolute Gasteiger partial charge is 0.0622 e. The number of fused-ring (bicyclic) bond motifs is 13. The Kier molecular flexibility index (Phi) is 9.06. The van der Waals surface area contributed by atoms with E-state index < -0.39 is 0 Å². The van der Waals surface area contributed by atoms with Gasteiger partial charge < -0.3 is 0 Å². The molecule has 0 spiro atoms.